The van der Waals surface area contributed by atoms with Gasteiger partial charge < -0.3 is 13.9 Å². The van der Waals surface area contributed by atoms with Crippen LogP contribution >= 0.6 is 0 Å². The van der Waals surface area contributed by atoms with Crippen LogP contribution in [-0.2, 0) is 20.4 Å². The van der Waals surface area contributed by atoms with Crippen molar-refractivity contribution < 1.29 is 13.9 Å². The molecule has 142 valence electrons. The number of nitrogens with zero attached hydrogens (tertiary/aromatic N) is 1. The van der Waals surface area contributed by atoms with Crippen LogP contribution in [0.15, 0.2) is 30.3 Å². The highest BCUT2D eigenvalue weighted by Gasteiger charge is 2.37. The van der Waals surface area contributed by atoms with Crippen LogP contribution < -0.4 is 0 Å². The van der Waals surface area contributed by atoms with Crippen molar-refractivity contribution in [3.8, 4) is 0 Å². The molecule has 0 saturated carbocycles. The topological polar surface area (TPSA) is 30.9 Å². The van der Waals surface area contributed by atoms with Crippen molar-refractivity contribution in [3.05, 3.63) is 35.9 Å². The summed E-state index contributed by atoms with van der Waals surface area (Å²) in [4.78, 5) is 2.45. The summed E-state index contributed by atoms with van der Waals surface area (Å²) in [7, 11) is -1.69. The minimum Gasteiger partial charge on any atom is -0.416 e. The molecule has 0 bridgehead atoms. The molecule has 25 heavy (non-hydrogen) atoms. The Morgan fingerprint density at radius 2 is 1.72 bits per heavy atom. The SMILES string of the molecule is CC(C)(C)[Si](C)(C)OCCN(CCC1OCCO1)Cc1ccccc1. The van der Waals surface area contributed by atoms with Gasteiger partial charge in [-0.3, -0.25) is 4.90 Å². The van der Waals surface area contributed by atoms with Crippen LogP contribution in [0.2, 0.25) is 18.1 Å². The van der Waals surface area contributed by atoms with Crippen LogP contribution in [0.25, 0.3) is 0 Å². The summed E-state index contributed by atoms with van der Waals surface area (Å²) in [5.41, 5.74) is 1.34. The zero-order valence-electron chi connectivity index (χ0n) is 16.6. The first-order valence-electron chi connectivity index (χ1n) is 9.41. The van der Waals surface area contributed by atoms with Gasteiger partial charge in [-0.15, -0.1) is 0 Å². The van der Waals surface area contributed by atoms with Crippen molar-refractivity contribution in [2.24, 2.45) is 0 Å². The molecule has 4 nitrogen and oxygen atoms in total. The lowest BCUT2D eigenvalue weighted by Crippen LogP contribution is -2.43. The average molecular weight is 366 g/mol. The van der Waals surface area contributed by atoms with Gasteiger partial charge in [0, 0.05) is 32.7 Å². The van der Waals surface area contributed by atoms with Gasteiger partial charge in [-0.25, -0.2) is 0 Å². The molecule has 2 rings (SSSR count). The van der Waals surface area contributed by atoms with E-state index < -0.39 is 8.32 Å². The van der Waals surface area contributed by atoms with E-state index in [1.807, 2.05) is 0 Å². The van der Waals surface area contributed by atoms with Gasteiger partial charge in [0.15, 0.2) is 14.6 Å². The van der Waals surface area contributed by atoms with Crippen molar-refractivity contribution >= 4 is 8.32 Å². The fourth-order valence-electron chi connectivity index (χ4n) is 2.62. The molecule has 1 aliphatic rings. The lowest BCUT2D eigenvalue weighted by atomic mass is 10.2. The first kappa shape index (κ1) is 20.6. The second-order valence-corrected chi connectivity index (χ2v) is 13.1. The highest BCUT2D eigenvalue weighted by Crippen LogP contribution is 2.36. The summed E-state index contributed by atoms with van der Waals surface area (Å²) in [6.07, 6.45) is 0.868. The average Bonchev–Trinajstić information content (AvgIpc) is 3.05. The Balaban J connectivity index is 1.86. The van der Waals surface area contributed by atoms with Crippen molar-refractivity contribution in [3.63, 3.8) is 0 Å². The van der Waals surface area contributed by atoms with Crippen LogP contribution in [0.5, 0.6) is 0 Å². The van der Waals surface area contributed by atoms with Gasteiger partial charge in [-0.05, 0) is 23.7 Å². The van der Waals surface area contributed by atoms with E-state index in [1.165, 1.54) is 5.56 Å². The molecule has 0 aliphatic carbocycles. The van der Waals surface area contributed by atoms with E-state index in [-0.39, 0.29) is 11.3 Å². The fourth-order valence-corrected chi connectivity index (χ4v) is 3.65. The monoisotopic (exact) mass is 365 g/mol. The van der Waals surface area contributed by atoms with Crippen LogP contribution in [-0.4, -0.2) is 52.4 Å². The smallest absolute Gasteiger partial charge is 0.192 e. The number of ether oxygens (including phenoxy) is 2. The largest absolute Gasteiger partial charge is 0.416 e. The molecule has 1 saturated heterocycles. The minimum absolute atomic E-state index is 0.0421. The third-order valence-electron chi connectivity index (χ3n) is 5.30. The molecule has 1 aromatic carbocycles. The third-order valence-corrected chi connectivity index (χ3v) is 9.84. The zero-order chi connectivity index (χ0) is 18.3. The van der Waals surface area contributed by atoms with Crippen LogP contribution in [0.1, 0.15) is 32.8 Å². The van der Waals surface area contributed by atoms with Crippen molar-refractivity contribution in [1.29, 1.82) is 0 Å². The molecule has 1 aliphatic heterocycles. The third kappa shape index (κ3) is 6.83. The van der Waals surface area contributed by atoms with Crippen LogP contribution in [0.4, 0.5) is 0 Å². The van der Waals surface area contributed by atoms with E-state index in [0.29, 0.717) is 0 Å². The lowest BCUT2D eigenvalue weighted by Gasteiger charge is -2.37. The molecule has 0 N–H and O–H groups in total. The first-order valence-corrected chi connectivity index (χ1v) is 12.3. The van der Waals surface area contributed by atoms with Gasteiger partial charge in [0.1, 0.15) is 0 Å². The maximum absolute atomic E-state index is 6.37. The lowest BCUT2D eigenvalue weighted by molar-refractivity contribution is -0.0523. The van der Waals surface area contributed by atoms with E-state index in [4.69, 9.17) is 13.9 Å². The maximum atomic E-state index is 6.37. The molecule has 5 heteroatoms. The molecule has 1 aromatic rings. The summed E-state index contributed by atoms with van der Waals surface area (Å²) in [6, 6.07) is 10.6. The van der Waals surface area contributed by atoms with Gasteiger partial charge >= 0.3 is 0 Å². The number of hydrogen-bond acceptors (Lipinski definition) is 4. The highest BCUT2D eigenvalue weighted by molar-refractivity contribution is 6.74. The maximum Gasteiger partial charge on any atom is 0.192 e. The van der Waals surface area contributed by atoms with E-state index in [2.05, 4.69) is 69.1 Å². The predicted molar refractivity (Wildman–Crippen MR) is 105 cm³/mol. The number of rotatable bonds is 9. The predicted octanol–water partition coefficient (Wildman–Crippen LogP) is 4.27. The molecular formula is C20H35NO3Si. The summed E-state index contributed by atoms with van der Waals surface area (Å²) in [5, 5.41) is 0.253. The Kier molecular flexibility index (Phi) is 7.64. The van der Waals surface area contributed by atoms with Crippen LogP contribution in [0, 0.1) is 0 Å². The van der Waals surface area contributed by atoms with Crippen molar-refractivity contribution in [1.82, 2.24) is 4.90 Å². The van der Waals surface area contributed by atoms with Gasteiger partial charge in [-0.1, -0.05) is 51.1 Å². The molecule has 0 radical (unpaired) electrons. The molecule has 0 unspecified atom stereocenters. The second kappa shape index (κ2) is 9.28. The minimum atomic E-state index is -1.69. The number of benzene rings is 1. The Bertz CT molecular complexity index is 495. The van der Waals surface area contributed by atoms with E-state index in [1.54, 1.807) is 0 Å². The van der Waals surface area contributed by atoms with E-state index in [9.17, 15) is 0 Å². The molecule has 1 fully saturated rings. The molecule has 0 atom stereocenters. The Morgan fingerprint density at radius 1 is 1.08 bits per heavy atom. The molecular weight excluding hydrogens is 330 g/mol. The van der Waals surface area contributed by atoms with Gasteiger partial charge in [0.2, 0.25) is 0 Å². The quantitative estimate of drug-likeness (QED) is 0.611. The Labute approximate surface area is 154 Å². The fraction of sp³-hybridized carbons (Fsp3) is 0.700. The van der Waals surface area contributed by atoms with E-state index >= 15 is 0 Å². The molecule has 0 spiro atoms. The normalized spacial score (nSPS) is 16.7. The van der Waals surface area contributed by atoms with Gasteiger partial charge in [0.05, 0.1) is 13.2 Å². The first-order chi connectivity index (χ1) is 11.8. The van der Waals surface area contributed by atoms with Crippen molar-refractivity contribution in [2.45, 2.75) is 58.2 Å². The van der Waals surface area contributed by atoms with Crippen LogP contribution in [0.3, 0.4) is 0 Å². The van der Waals surface area contributed by atoms with Gasteiger partial charge in [0.25, 0.3) is 0 Å². The highest BCUT2D eigenvalue weighted by atomic mass is 28.4. The summed E-state index contributed by atoms with van der Waals surface area (Å²) in [5.74, 6) is 0. The molecule has 1 heterocycles. The Hall–Kier alpha value is -0.723. The zero-order valence-corrected chi connectivity index (χ0v) is 17.6. The summed E-state index contributed by atoms with van der Waals surface area (Å²) < 4.78 is 17.5. The van der Waals surface area contributed by atoms with Crippen molar-refractivity contribution in [2.75, 3.05) is 32.9 Å². The summed E-state index contributed by atoms with van der Waals surface area (Å²) >= 11 is 0. The molecule has 0 aromatic heterocycles. The molecule has 0 amide bonds. The summed E-state index contributed by atoms with van der Waals surface area (Å²) in [6.45, 7) is 16.6. The second-order valence-electron chi connectivity index (χ2n) is 8.33. The number of hydrogen-bond donors (Lipinski definition) is 0. The Morgan fingerprint density at radius 3 is 2.32 bits per heavy atom. The van der Waals surface area contributed by atoms with Gasteiger partial charge in [-0.2, -0.15) is 0 Å². The van der Waals surface area contributed by atoms with E-state index in [0.717, 1.165) is 45.9 Å². The standard InChI is InChI=1S/C20H35NO3Si/c1-20(2,3)25(4,5)24-14-13-21(12-11-19-22-15-16-23-19)17-18-9-7-6-8-10-18/h6-10,19H,11-17H2,1-5H3.